The number of aliphatic carboxylic acids is 1. The van der Waals surface area contributed by atoms with Gasteiger partial charge in [0.15, 0.2) is 0 Å². The second-order valence-electron chi connectivity index (χ2n) is 3.97. The molecule has 0 fully saturated rings. The van der Waals surface area contributed by atoms with Gasteiger partial charge in [-0.3, -0.25) is 0 Å². The summed E-state index contributed by atoms with van der Waals surface area (Å²) in [6.07, 6.45) is 0. The van der Waals surface area contributed by atoms with Gasteiger partial charge in [-0.05, 0) is 46.8 Å². The number of carbonyl (C=O) groups excluding carboxylic acids is 1. The van der Waals surface area contributed by atoms with Crippen LogP contribution in [0.25, 0.3) is 10.4 Å². The molecule has 0 amide bonds. The molecule has 0 radical (unpaired) electrons. The largest absolute Gasteiger partial charge is 0.550 e. The summed E-state index contributed by atoms with van der Waals surface area (Å²) in [7, 11) is 1.61. The van der Waals surface area contributed by atoms with E-state index in [4.69, 9.17) is 4.74 Å². The minimum atomic E-state index is -1.05. The molecule has 3 nitrogen and oxygen atoms in total. The van der Waals surface area contributed by atoms with E-state index in [1.165, 1.54) is 11.3 Å². The smallest absolute Gasteiger partial charge is 0.118 e. The van der Waals surface area contributed by atoms with Crippen LogP contribution in [0.4, 0.5) is 0 Å². The topological polar surface area (TPSA) is 49.4 Å². The number of hydrogen-bond acceptors (Lipinski definition) is 4. The lowest BCUT2D eigenvalue weighted by Gasteiger charge is -2.13. The van der Waals surface area contributed by atoms with E-state index in [0.29, 0.717) is 0 Å². The van der Waals surface area contributed by atoms with E-state index in [2.05, 4.69) is 0 Å². The minimum Gasteiger partial charge on any atom is -0.550 e. The monoisotopic (exact) mass is 261 g/mol. The van der Waals surface area contributed by atoms with Crippen LogP contribution in [0, 0.1) is 0 Å². The van der Waals surface area contributed by atoms with Gasteiger partial charge in [0.2, 0.25) is 0 Å². The van der Waals surface area contributed by atoms with E-state index in [1.54, 1.807) is 14.0 Å². The van der Waals surface area contributed by atoms with Crippen LogP contribution in [0.3, 0.4) is 0 Å². The van der Waals surface area contributed by atoms with Gasteiger partial charge in [0.1, 0.15) is 5.75 Å². The van der Waals surface area contributed by atoms with Crippen LogP contribution in [0.1, 0.15) is 18.4 Å². The molecule has 0 bridgehead atoms. The second-order valence-corrected chi connectivity index (χ2v) is 4.89. The molecule has 0 aliphatic carbocycles. The summed E-state index contributed by atoms with van der Waals surface area (Å²) < 4.78 is 5.10. The maximum Gasteiger partial charge on any atom is 0.118 e. The molecule has 2 aromatic rings. The lowest BCUT2D eigenvalue weighted by molar-refractivity contribution is -0.307. The maximum atomic E-state index is 11.0. The summed E-state index contributed by atoms with van der Waals surface area (Å²) in [6, 6.07) is 9.42. The van der Waals surface area contributed by atoms with Gasteiger partial charge < -0.3 is 14.6 Å². The van der Waals surface area contributed by atoms with Gasteiger partial charge in [-0.15, -0.1) is 11.3 Å². The molecule has 0 N–H and O–H groups in total. The molecule has 0 unspecified atom stereocenters. The third-order valence-corrected chi connectivity index (χ3v) is 3.85. The van der Waals surface area contributed by atoms with Crippen LogP contribution < -0.4 is 9.84 Å². The predicted molar refractivity (Wildman–Crippen MR) is 69.7 cm³/mol. The normalized spacial score (nSPS) is 12.1. The first kappa shape index (κ1) is 12.6. The average molecular weight is 261 g/mol. The molecule has 0 saturated heterocycles. The number of ether oxygens (including phenoxy) is 1. The molecule has 94 valence electrons. The van der Waals surface area contributed by atoms with E-state index < -0.39 is 11.9 Å². The Morgan fingerprint density at radius 3 is 2.50 bits per heavy atom. The minimum absolute atomic E-state index is 0.603. The SMILES string of the molecule is COc1ccc(-c2sccc2[C@H](C)C(=O)[O-])cc1. The zero-order valence-corrected chi connectivity index (χ0v) is 11.0. The first-order valence-electron chi connectivity index (χ1n) is 5.56. The zero-order chi connectivity index (χ0) is 13.1. The number of carboxylic acids is 1. The van der Waals surface area contributed by atoms with Crippen molar-refractivity contribution in [1.29, 1.82) is 0 Å². The lowest BCUT2D eigenvalue weighted by atomic mass is 9.99. The fourth-order valence-electron chi connectivity index (χ4n) is 1.76. The summed E-state index contributed by atoms with van der Waals surface area (Å²) in [5.74, 6) is -0.874. The standard InChI is InChI=1S/C14H14O3S/c1-9(14(15)16)12-7-8-18-13(12)10-3-5-11(17-2)6-4-10/h3-9H,1-2H3,(H,15,16)/p-1/t9-/m0/s1. The fraction of sp³-hybridized carbons (Fsp3) is 0.214. The van der Waals surface area contributed by atoms with Gasteiger partial charge in [0.05, 0.1) is 7.11 Å². The Hall–Kier alpha value is -1.81. The van der Waals surface area contributed by atoms with Crippen molar-refractivity contribution in [3.63, 3.8) is 0 Å². The number of benzene rings is 1. The molecule has 0 aliphatic heterocycles. The Morgan fingerprint density at radius 1 is 1.28 bits per heavy atom. The van der Waals surface area contributed by atoms with Gasteiger partial charge in [0.25, 0.3) is 0 Å². The van der Waals surface area contributed by atoms with Crippen LogP contribution in [0.2, 0.25) is 0 Å². The van der Waals surface area contributed by atoms with E-state index in [-0.39, 0.29) is 0 Å². The third kappa shape index (κ3) is 2.38. The number of carboxylic acid groups (broad SMARTS) is 1. The molecule has 0 saturated carbocycles. The quantitative estimate of drug-likeness (QED) is 0.848. The Bertz CT molecular complexity index is 542. The van der Waals surface area contributed by atoms with Crippen LogP contribution in [-0.2, 0) is 4.79 Å². The Labute approximate surface area is 110 Å². The maximum absolute atomic E-state index is 11.0. The van der Waals surface area contributed by atoms with Gasteiger partial charge in [-0.2, -0.15) is 0 Å². The summed E-state index contributed by atoms with van der Waals surface area (Å²) in [6.45, 7) is 1.64. The van der Waals surface area contributed by atoms with Crippen molar-refractivity contribution < 1.29 is 14.6 Å². The molecule has 1 aromatic heterocycles. The fourth-order valence-corrected chi connectivity index (χ4v) is 2.77. The van der Waals surface area contributed by atoms with E-state index >= 15 is 0 Å². The number of hydrogen-bond donors (Lipinski definition) is 0. The predicted octanol–water partition coefficient (Wildman–Crippen LogP) is 2.28. The number of rotatable bonds is 4. The van der Waals surface area contributed by atoms with Crippen LogP contribution >= 0.6 is 11.3 Å². The summed E-state index contributed by atoms with van der Waals surface area (Å²) in [5, 5.41) is 12.9. The van der Waals surface area contributed by atoms with Gasteiger partial charge in [0, 0.05) is 16.8 Å². The van der Waals surface area contributed by atoms with Crippen molar-refractivity contribution in [2.45, 2.75) is 12.8 Å². The molecular weight excluding hydrogens is 248 g/mol. The molecule has 1 atom stereocenters. The van der Waals surface area contributed by atoms with Gasteiger partial charge >= 0.3 is 0 Å². The van der Waals surface area contributed by atoms with Crippen molar-refractivity contribution in [2.24, 2.45) is 0 Å². The second kappa shape index (κ2) is 5.23. The highest BCUT2D eigenvalue weighted by molar-refractivity contribution is 7.13. The molecule has 2 rings (SSSR count). The number of carbonyl (C=O) groups is 1. The Morgan fingerprint density at radius 2 is 1.94 bits per heavy atom. The molecule has 0 spiro atoms. The van der Waals surface area contributed by atoms with Gasteiger partial charge in [-0.25, -0.2) is 0 Å². The molecule has 1 heterocycles. The van der Waals surface area contributed by atoms with E-state index in [1.807, 2.05) is 35.7 Å². The molecular formula is C14H13O3S-. The highest BCUT2D eigenvalue weighted by Crippen LogP contribution is 2.34. The number of methoxy groups -OCH3 is 1. The van der Waals surface area contributed by atoms with Crippen molar-refractivity contribution in [1.82, 2.24) is 0 Å². The van der Waals surface area contributed by atoms with Crippen LogP contribution in [-0.4, -0.2) is 13.1 Å². The summed E-state index contributed by atoms with van der Waals surface area (Å²) >= 11 is 1.53. The third-order valence-electron chi connectivity index (χ3n) is 2.87. The molecule has 1 aromatic carbocycles. The zero-order valence-electron chi connectivity index (χ0n) is 10.2. The van der Waals surface area contributed by atoms with Crippen LogP contribution in [0.15, 0.2) is 35.7 Å². The van der Waals surface area contributed by atoms with Crippen molar-refractivity contribution in [3.8, 4) is 16.2 Å². The van der Waals surface area contributed by atoms with Crippen molar-refractivity contribution in [2.75, 3.05) is 7.11 Å². The van der Waals surface area contributed by atoms with E-state index in [9.17, 15) is 9.90 Å². The molecule has 4 heteroatoms. The van der Waals surface area contributed by atoms with Crippen molar-refractivity contribution >= 4 is 17.3 Å². The first-order chi connectivity index (χ1) is 8.63. The molecule has 18 heavy (non-hydrogen) atoms. The molecule has 0 aliphatic rings. The average Bonchev–Trinajstić information content (AvgIpc) is 2.87. The van der Waals surface area contributed by atoms with Gasteiger partial charge in [-0.1, -0.05) is 6.92 Å². The van der Waals surface area contributed by atoms with Crippen LogP contribution in [0.5, 0.6) is 5.75 Å². The summed E-state index contributed by atoms with van der Waals surface area (Å²) in [4.78, 5) is 11.9. The van der Waals surface area contributed by atoms with E-state index in [0.717, 1.165) is 21.8 Å². The summed E-state index contributed by atoms with van der Waals surface area (Å²) in [5.41, 5.74) is 1.79. The number of thiophene rings is 1. The highest BCUT2D eigenvalue weighted by Gasteiger charge is 2.14. The highest BCUT2D eigenvalue weighted by atomic mass is 32.1. The lowest BCUT2D eigenvalue weighted by Crippen LogP contribution is -2.27. The first-order valence-corrected chi connectivity index (χ1v) is 6.44. The van der Waals surface area contributed by atoms with Crippen molar-refractivity contribution in [3.05, 3.63) is 41.3 Å². The Kier molecular flexibility index (Phi) is 3.67. The Balaban J connectivity index is 2.38.